The first-order valence-corrected chi connectivity index (χ1v) is 4.91. The van der Waals surface area contributed by atoms with Crippen molar-refractivity contribution in [3.8, 4) is 12.3 Å². The van der Waals surface area contributed by atoms with Gasteiger partial charge < -0.3 is 10.6 Å². The summed E-state index contributed by atoms with van der Waals surface area (Å²) < 4.78 is 0. The van der Waals surface area contributed by atoms with Crippen LogP contribution in [-0.4, -0.2) is 26.0 Å². The number of terminal acetylenes is 1. The predicted octanol–water partition coefficient (Wildman–Crippen LogP) is 0.762. The summed E-state index contributed by atoms with van der Waals surface area (Å²) in [5.41, 5.74) is -0.356. The molecule has 0 spiro atoms. The Bertz CT molecular complexity index is 216. The number of hydrogen-bond acceptors (Lipinski definition) is 2. The fraction of sp³-hybridized carbons (Fsp3) is 0.727. The van der Waals surface area contributed by atoms with Gasteiger partial charge in [0.25, 0.3) is 0 Å². The van der Waals surface area contributed by atoms with Crippen LogP contribution in [0.2, 0.25) is 0 Å². The second-order valence-corrected chi connectivity index (χ2v) is 3.95. The van der Waals surface area contributed by atoms with E-state index in [1.54, 1.807) is 7.05 Å². The summed E-state index contributed by atoms with van der Waals surface area (Å²) in [4.78, 5) is 11.4. The molecule has 0 aliphatic heterocycles. The standard InChI is InChI=1S/C11H20N2O/c1-5-6-7-8-13-9-11(2,3)10(14)12-4/h1,13H,6-9H2,2-4H3,(H,12,14). The van der Waals surface area contributed by atoms with Crippen molar-refractivity contribution in [2.75, 3.05) is 20.1 Å². The molecular weight excluding hydrogens is 176 g/mol. The Morgan fingerprint density at radius 3 is 2.64 bits per heavy atom. The van der Waals surface area contributed by atoms with Crippen molar-refractivity contribution in [1.29, 1.82) is 0 Å². The molecule has 0 aromatic rings. The summed E-state index contributed by atoms with van der Waals surface area (Å²) >= 11 is 0. The van der Waals surface area contributed by atoms with E-state index in [2.05, 4.69) is 16.6 Å². The van der Waals surface area contributed by atoms with E-state index >= 15 is 0 Å². The van der Waals surface area contributed by atoms with E-state index in [9.17, 15) is 4.79 Å². The lowest BCUT2D eigenvalue weighted by Crippen LogP contribution is -2.42. The van der Waals surface area contributed by atoms with Crippen LogP contribution in [0.15, 0.2) is 0 Å². The summed E-state index contributed by atoms with van der Waals surface area (Å²) in [6, 6.07) is 0. The summed E-state index contributed by atoms with van der Waals surface area (Å²) in [5, 5.41) is 5.87. The third-order valence-electron chi connectivity index (χ3n) is 2.08. The Balaban J connectivity index is 3.67. The van der Waals surface area contributed by atoms with Gasteiger partial charge in [-0.15, -0.1) is 12.3 Å². The minimum absolute atomic E-state index is 0.0574. The summed E-state index contributed by atoms with van der Waals surface area (Å²) in [5.74, 6) is 2.64. The Morgan fingerprint density at radius 1 is 1.50 bits per heavy atom. The second-order valence-electron chi connectivity index (χ2n) is 3.95. The average Bonchev–Trinajstić information content (AvgIpc) is 2.16. The van der Waals surface area contributed by atoms with E-state index in [0.29, 0.717) is 6.54 Å². The molecule has 0 radical (unpaired) electrons. The molecule has 0 aromatic heterocycles. The molecular formula is C11H20N2O. The largest absolute Gasteiger partial charge is 0.359 e. The number of rotatable bonds is 6. The highest BCUT2D eigenvalue weighted by atomic mass is 16.2. The number of hydrogen-bond donors (Lipinski definition) is 2. The molecule has 0 saturated carbocycles. The van der Waals surface area contributed by atoms with Crippen LogP contribution in [-0.2, 0) is 4.79 Å². The molecule has 3 nitrogen and oxygen atoms in total. The minimum Gasteiger partial charge on any atom is -0.359 e. The van der Waals surface area contributed by atoms with Gasteiger partial charge in [0.15, 0.2) is 0 Å². The van der Waals surface area contributed by atoms with Crippen molar-refractivity contribution in [3.05, 3.63) is 0 Å². The van der Waals surface area contributed by atoms with Crippen LogP contribution < -0.4 is 10.6 Å². The zero-order valence-corrected chi connectivity index (χ0v) is 9.31. The van der Waals surface area contributed by atoms with Crippen molar-refractivity contribution in [3.63, 3.8) is 0 Å². The van der Waals surface area contributed by atoms with Crippen LogP contribution in [0.4, 0.5) is 0 Å². The molecule has 0 aliphatic rings. The zero-order chi connectivity index (χ0) is 11.0. The highest BCUT2D eigenvalue weighted by Gasteiger charge is 2.25. The molecule has 3 heteroatoms. The number of amides is 1. The van der Waals surface area contributed by atoms with Crippen molar-refractivity contribution < 1.29 is 4.79 Å². The van der Waals surface area contributed by atoms with Crippen LogP contribution in [0.1, 0.15) is 26.7 Å². The molecule has 0 aromatic carbocycles. The second kappa shape index (κ2) is 6.44. The smallest absolute Gasteiger partial charge is 0.226 e. The van der Waals surface area contributed by atoms with Gasteiger partial charge >= 0.3 is 0 Å². The summed E-state index contributed by atoms with van der Waals surface area (Å²) in [6.45, 7) is 5.38. The first-order chi connectivity index (χ1) is 6.54. The SMILES string of the molecule is C#CCCCNCC(C)(C)C(=O)NC. The molecule has 0 rings (SSSR count). The minimum atomic E-state index is -0.356. The average molecular weight is 196 g/mol. The third kappa shape index (κ3) is 4.88. The van der Waals surface area contributed by atoms with Crippen molar-refractivity contribution >= 4 is 5.91 Å². The highest BCUT2D eigenvalue weighted by Crippen LogP contribution is 2.12. The number of carbonyl (C=O) groups is 1. The molecule has 1 amide bonds. The van der Waals surface area contributed by atoms with Gasteiger partial charge in [0, 0.05) is 20.0 Å². The quantitative estimate of drug-likeness (QED) is 0.486. The fourth-order valence-electron chi connectivity index (χ4n) is 1.14. The van der Waals surface area contributed by atoms with Crippen LogP contribution in [0.25, 0.3) is 0 Å². The van der Waals surface area contributed by atoms with Crippen molar-refractivity contribution in [2.45, 2.75) is 26.7 Å². The van der Waals surface area contributed by atoms with Gasteiger partial charge in [0.1, 0.15) is 0 Å². The van der Waals surface area contributed by atoms with Gasteiger partial charge in [-0.3, -0.25) is 4.79 Å². The lowest BCUT2D eigenvalue weighted by molar-refractivity contribution is -0.128. The van der Waals surface area contributed by atoms with Crippen LogP contribution >= 0.6 is 0 Å². The molecule has 0 unspecified atom stereocenters. The van der Waals surface area contributed by atoms with E-state index in [1.807, 2.05) is 13.8 Å². The predicted molar refractivity (Wildman–Crippen MR) is 58.8 cm³/mol. The Labute approximate surface area is 86.6 Å². The third-order valence-corrected chi connectivity index (χ3v) is 2.08. The normalized spacial score (nSPS) is 10.7. The van der Waals surface area contributed by atoms with Crippen LogP contribution in [0, 0.1) is 17.8 Å². The van der Waals surface area contributed by atoms with E-state index in [0.717, 1.165) is 19.4 Å². The number of unbranched alkanes of at least 4 members (excludes halogenated alkanes) is 1. The monoisotopic (exact) mass is 196 g/mol. The lowest BCUT2D eigenvalue weighted by Gasteiger charge is -2.22. The molecule has 0 bridgehead atoms. The van der Waals surface area contributed by atoms with E-state index in [1.165, 1.54) is 0 Å². The van der Waals surface area contributed by atoms with E-state index < -0.39 is 0 Å². The van der Waals surface area contributed by atoms with E-state index in [4.69, 9.17) is 6.42 Å². The molecule has 0 aliphatic carbocycles. The first kappa shape index (κ1) is 13.0. The van der Waals surface area contributed by atoms with Crippen LogP contribution in [0.5, 0.6) is 0 Å². The first-order valence-electron chi connectivity index (χ1n) is 4.91. The Kier molecular flexibility index (Phi) is 5.98. The van der Waals surface area contributed by atoms with Crippen molar-refractivity contribution in [1.82, 2.24) is 10.6 Å². The summed E-state index contributed by atoms with van der Waals surface area (Å²) in [6.07, 6.45) is 6.87. The van der Waals surface area contributed by atoms with Gasteiger partial charge in [-0.2, -0.15) is 0 Å². The number of nitrogens with one attached hydrogen (secondary N) is 2. The number of carbonyl (C=O) groups excluding carboxylic acids is 1. The molecule has 80 valence electrons. The van der Waals surface area contributed by atoms with Gasteiger partial charge in [-0.25, -0.2) is 0 Å². The topological polar surface area (TPSA) is 41.1 Å². The van der Waals surface area contributed by atoms with Crippen molar-refractivity contribution in [2.24, 2.45) is 5.41 Å². The highest BCUT2D eigenvalue weighted by molar-refractivity contribution is 5.81. The maximum atomic E-state index is 11.4. The Morgan fingerprint density at radius 2 is 2.14 bits per heavy atom. The zero-order valence-electron chi connectivity index (χ0n) is 9.31. The maximum Gasteiger partial charge on any atom is 0.226 e. The molecule has 14 heavy (non-hydrogen) atoms. The molecule has 0 saturated heterocycles. The molecule has 0 atom stereocenters. The van der Waals surface area contributed by atoms with Gasteiger partial charge in [0.2, 0.25) is 5.91 Å². The van der Waals surface area contributed by atoms with Gasteiger partial charge in [-0.1, -0.05) is 0 Å². The van der Waals surface area contributed by atoms with Gasteiger partial charge in [0.05, 0.1) is 5.41 Å². The molecule has 0 heterocycles. The molecule has 0 fully saturated rings. The van der Waals surface area contributed by atoms with E-state index in [-0.39, 0.29) is 11.3 Å². The fourth-order valence-corrected chi connectivity index (χ4v) is 1.14. The summed E-state index contributed by atoms with van der Waals surface area (Å²) in [7, 11) is 1.66. The van der Waals surface area contributed by atoms with Crippen LogP contribution in [0.3, 0.4) is 0 Å². The maximum absolute atomic E-state index is 11.4. The lowest BCUT2D eigenvalue weighted by atomic mass is 9.92. The molecule has 2 N–H and O–H groups in total. The van der Waals surface area contributed by atoms with Gasteiger partial charge in [-0.05, 0) is 26.8 Å². The Hall–Kier alpha value is -1.01.